The van der Waals surface area contributed by atoms with Gasteiger partial charge in [0, 0.05) is 37.8 Å². The maximum Gasteiger partial charge on any atom is 0.210 e. The number of aryl methyl sites for hydroxylation is 2. The lowest BCUT2D eigenvalue weighted by Gasteiger charge is -2.43. The van der Waals surface area contributed by atoms with Gasteiger partial charge in [0.2, 0.25) is 5.96 Å². The van der Waals surface area contributed by atoms with E-state index in [0.717, 1.165) is 18.4 Å². The first-order valence-electron chi connectivity index (χ1n) is 13.2. The van der Waals surface area contributed by atoms with Crippen molar-refractivity contribution < 1.29 is 13.4 Å². The van der Waals surface area contributed by atoms with Crippen LogP contribution < -0.4 is 0 Å². The van der Waals surface area contributed by atoms with Crippen molar-refractivity contribution in [3.05, 3.63) is 64.2 Å². The Morgan fingerprint density at radius 2 is 2.03 bits per heavy atom. The van der Waals surface area contributed by atoms with E-state index in [0.29, 0.717) is 60.9 Å². The summed E-state index contributed by atoms with van der Waals surface area (Å²) in [6, 6.07) is 8.50. The summed E-state index contributed by atoms with van der Waals surface area (Å²) >= 11 is 0. The minimum absolute atomic E-state index is 0.110. The summed E-state index contributed by atoms with van der Waals surface area (Å²) in [5, 5.41) is 9.05. The molecule has 0 spiro atoms. The topological polar surface area (TPSA) is 102 Å². The van der Waals surface area contributed by atoms with E-state index in [1.54, 1.807) is 25.1 Å². The van der Waals surface area contributed by atoms with E-state index in [9.17, 15) is 9.00 Å². The number of pyridine rings is 1. The number of nitrogens with zero attached hydrogens (tertiary/aromatic N) is 6. The number of carbonyl (C=O) groups is 1. The number of ketones is 1. The standard InChI is InChI=1S/C28H35FN6O2S/c1-5-34(6-2)27-33-28(4,19-38(37)32-13-7-8-14-35(27)38)23-16-21(9-11-24(23)29)10-12-25(36)26-20(3)15-22(17-30)18-31-26/h9,11,15-16,18H,5-8,10,12-14,19H2,1-4H3/t28-,38+/m0/s1. The summed E-state index contributed by atoms with van der Waals surface area (Å²) in [7, 11) is -2.81. The van der Waals surface area contributed by atoms with Crippen molar-refractivity contribution in [2.75, 3.05) is 31.9 Å². The van der Waals surface area contributed by atoms with Gasteiger partial charge in [-0.2, -0.15) is 5.26 Å². The molecule has 0 saturated heterocycles. The minimum atomic E-state index is -2.81. The van der Waals surface area contributed by atoms with Crippen molar-refractivity contribution in [1.82, 2.24) is 14.2 Å². The molecular weight excluding hydrogens is 503 g/mol. The molecule has 0 N–H and O–H groups in total. The molecule has 0 saturated carbocycles. The highest BCUT2D eigenvalue weighted by Crippen LogP contribution is 2.37. The van der Waals surface area contributed by atoms with E-state index in [1.165, 1.54) is 12.3 Å². The van der Waals surface area contributed by atoms with Crippen molar-refractivity contribution in [2.24, 2.45) is 9.36 Å². The Kier molecular flexibility index (Phi) is 8.16. The molecule has 4 rings (SSSR count). The molecule has 202 valence electrons. The van der Waals surface area contributed by atoms with Gasteiger partial charge in [-0.25, -0.2) is 18.0 Å². The molecule has 1 aromatic carbocycles. The van der Waals surface area contributed by atoms with Crippen LogP contribution in [0.4, 0.5) is 4.39 Å². The van der Waals surface area contributed by atoms with Gasteiger partial charge < -0.3 is 4.90 Å². The average Bonchev–Trinajstić information content (AvgIpc) is 3.09. The molecule has 0 fully saturated rings. The highest BCUT2D eigenvalue weighted by molar-refractivity contribution is 7.92. The van der Waals surface area contributed by atoms with Gasteiger partial charge in [-0.05, 0) is 70.2 Å². The summed E-state index contributed by atoms with van der Waals surface area (Å²) in [5.41, 5.74) is 1.48. The first-order chi connectivity index (χ1) is 18.1. The number of nitriles is 1. The predicted molar refractivity (Wildman–Crippen MR) is 147 cm³/mol. The van der Waals surface area contributed by atoms with Crippen LogP contribution in [0.5, 0.6) is 0 Å². The summed E-state index contributed by atoms with van der Waals surface area (Å²) in [4.78, 5) is 24.2. The first-order valence-corrected chi connectivity index (χ1v) is 14.8. The molecule has 2 aromatic rings. The smallest absolute Gasteiger partial charge is 0.210 e. The molecule has 8 nitrogen and oxygen atoms in total. The molecule has 0 radical (unpaired) electrons. The van der Waals surface area contributed by atoms with E-state index >= 15 is 4.39 Å². The summed E-state index contributed by atoms with van der Waals surface area (Å²) in [6.45, 7) is 10.1. The van der Waals surface area contributed by atoms with Gasteiger partial charge in [-0.3, -0.25) is 14.1 Å². The van der Waals surface area contributed by atoms with Crippen LogP contribution in [0.15, 0.2) is 39.8 Å². The van der Waals surface area contributed by atoms with E-state index in [4.69, 9.17) is 10.3 Å². The van der Waals surface area contributed by atoms with Gasteiger partial charge in [-0.1, -0.05) is 12.1 Å². The average molecular weight is 539 g/mol. The number of benzene rings is 1. The van der Waals surface area contributed by atoms with Crippen molar-refractivity contribution in [1.29, 1.82) is 5.26 Å². The Balaban J connectivity index is 1.67. The number of rotatable bonds is 7. The first kappa shape index (κ1) is 27.7. The van der Waals surface area contributed by atoms with Crippen LogP contribution in [-0.4, -0.2) is 62.1 Å². The summed E-state index contributed by atoms with van der Waals surface area (Å²) in [5.74, 6) is 0.166. The number of halogens is 1. The van der Waals surface area contributed by atoms with Crippen molar-refractivity contribution in [3.8, 4) is 6.07 Å². The highest BCUT2D eigenvalue weighted by atomic mass is 32.2. The third kappa shape index (κ3) is 5.44. The van der Waals surface area contributed by atoms with Crippen LogP contribution in [0.25, 0.3) is 0 Å². The van der Waals surface area contributed by atoms with Crippen LogP contribution in [0, 0.1) is 24.1 Å². The number of hydrogen-bond donors (Lipinski definition) is 0. The number of aromatic nitrogens is 1. The number of aliphatic imine (C=N–C) groups is 1. The summed E-state index contributed by atoms with van der Waals surface area (Å²) < 4.78 is 36.1. The van der Waals surface area contributed by atoms with E-state index in [-0.39, 0.29) is 18.0 Å². The normalized spacial score (nSPS) is 22.9. The lowest BCUT2D eigenvalue weighted by atomic mass is 9.91. The zero-order valence-corrected chi connectivity index (χ0v) is 23.4. The Bertz CT molecular complexity index is 1420. The molecule has 0 aliphatic carbocycles. The molecule has 10 heteroatoms. The third-order valence-corrected chi connectivity index (χ3v) is 9.77. The van der Waals surface area contributed by atoms with Gasteiger partial charge in [0.25, 0.3) is 0 Å². The Hall–Kier alpha value is -3.32. The molecule has 0 unspecified atom stereocenters. The molecule has 2 aliphatic heterocycles. The van der Waals surface area contributed by atoms with Crippen LogP contribution in [0.3, 0.4) is 0 Å². The lowest BCUT2D eigenvalue weighted by Crippen LogP contribution is -2.55. The highest BCUT2D eigenvalue weighted by Gasteiger charge is 2.44. The van der Waals surface area contributed by atoms with E-state index < -0.39 is 21.3 Å². The fourth-order valence-corrected chi connectivity index (χ4v) is 7.71. The fourth-order valence-electron chi connectivity index (χ4n) is 5.13. The number of Topliss-reactive ketones (excluding diaryl/α,β-unsaturated/α-hetero) is 1. The quantitative estimate of drug-likeness (QED) is 0.479. The zero-order valence-electron chi connectivity index (χ0n) is 22.5. The Morgan fingerprint density at radius 3 is 2.71 bits per heavy atom. The van der Waals surface area contributed by atoms with E-state index in [1.807, 2.05) is 31.1 Å². The largest absolute Gasteiger partial charge is 0.343 e. The fraction of sp³-hybridized carbons (Fsp3) is 0.500. The van der Waals surface area contributed by atoms with Crippen LogP contribution >= 0.6 is 0 Å². The number of carbonyl (C=O) groups excluding carboxylic acids is 1. The molecular formula is C28H35FN6O2S. The second-order valence-corrected chi connectivity index (χ2v) is 12.2. The van der Waals surface area contributed by atoms with Crippen molar-refractivity contribution in [2.45, 2.75) is 58.9 Å². The molecule has 1 aromatic heterocycles. The minimum Gasteiger partial charge on any atom is -0.343 e. The summed E-state index contributed by atoms with van der Waals surface area (Å²) in [6.07, 6.45) is 3.72. The number of guanidine groups is 1. The molecule has 2 atom stereocenters. The lowest BCUT2D eigenvalue weighted by molar-refractivity contribution is 0.0977. The van der Waals surface area contributed by atoms with Crippen molar-refractivity contribution >= 4 is 21.7 Å². The van der Waals surface area contributed by atoms with Gasteiger partial charge >= 0.3 is 0 Å². The molecule has 3 heterocycles. The number of hydrogen-bond acceptors (Lipinski definition) is 7. The molecule has 0 amide bonds. The predicted octanol–water partition coefficient (Wildman–Crippen LogP) is 4.62. The van der Waals surface area contributed by atoms with Crippen LogP contribution in [0.2, 0.25) is 0 Å². The Labute approximate surface area is 224 Å². The molecule has 0 bridgehead atoms. The maximum atomic E-state index is 15.4. The van der Waals surface area contributed by atoms with Gasteiger partial charge in [-0.15, -0.1) is 0 Å². The van der Waals surface area contributed by atoms with Gasteiger partial charge in [0.05, 0.1) is 17.9 Å². The SMILES string of the molecule is CCN(CC)C1=N[C@](C)(c2cc(CCC(=O)c3ncc(C#N)cc3C)ccc2F)C[S@@]2(=O)=NCCCCN12. The maximum absolute atomic E-state index is 15.4. The van der Waals surface area contributed by atoms with Crippen LogP contribution in [-0.2, 0) is 21.9 Å². The second kappa shape index (κ2) is 11.2. The third-order valence-electron chi connectivity index (χ3n) is 7.22. The zero-order chi connectivity index (χ0) is 27.5. The van der Waals surface area contributed by atoms with E-state index in [2.05, 4.69) is 14.2 Å². The second-order valence-electron chi connectivity index (χ2n) is 10.0. The molecule has 38 heavy (non-hydrogen) atoms. The van der Waals surface area contributed by atoms with Crippen molar-refractivity contribution in [3.63, 3.8) is 0 Å². The Morgan fingerprint density at radius 1 is 1.26 bits per heavy atom. The number of fused-ring (bicyclic) bond motifs is 1. The van der Waals surface area contributed by atoms with Crippen LogP contribution in [0.1, 0.15) is 72.8 Å². The van der Waals surface area contributed by atoms with Gasteiger partial charge in [0.15, 0.2) is 5.78 Å². The van der Waals surface area contributed by atoms with Gasteiger partial charge in [0.1, 0.15) is 33.0 Å². The monoisotopic (exact) mass is 538 g/mol. The molecule has 2 aliphatic rings.